The van der Waals surface area contributed by atoms with Crippen molar-refractivity contribution in [1.29, 1.82) is 0 Å². The average molecular weight is 310 g/mol. The van der Waals surface area contributed by atoms with E-state index < -0.39 is 32.6 Å². The molecule has 8 nitrogen and oxygen atoms in total. The number of hydrogen-bond acceptors (Lipinski definition) is 6. The summed E-state index contributed by atoms with van der Waals surface area (Å²) in [4.78, 5) is -0.235. The third-order valence-corrected chi connectivity index (χ3v) is 4.24. The van der Waals surface area contributed by atoms with Crippen LogP contribution in [0.25, 0.3) is 0 Å². The Kier molecular flexibility index (Phi) is 4.74. The first-order chi connectivity index (χ1) is 8.65. The molecular formula is C9H12NO7S2. The molecule has 0 aliphatic rings. The van der Waals surface area contributed by atoms with E-state index in [1.54, 1.807) is 0 Å². The quantitative estimate of drug-likeness (QED) is 0.742. The second-order valence-corrected chi connectivity index (χ2v) is 6.60. The van der Waals surface area contributed by atoms with Gasteiger partial charge in [-0.25, -0.2) is 12.6 Å². The molecule has 0 unspecified atom stereocenters. The van der Waals surface area contributed by atoms with E-state index in [1.165, 1.54) is 19.2 Å². The molecule has 19 heavy (non-hydrogen) atoms. The predicted molar refractivity (Wildman–Crippen MR) is 65.3 cm³/mol. The van der Waals surface area contributed by atoms with Gasteiger partial charge in [-0.3, -0.25) is 4.55 Å². The summed E-state index contributed by atoms with van der Waals surface area (Å²) >= 11 is 0. The Labute approximate surface area is 111 Å². The van der Waals surface area contributed by atoms with Crippen molar-refractivity contribution in [1.82, 2.24) is 5.73 Å². The van der Waals surface area contributed by atoms with Crippen LogP contribution in [-0.2, 0) is 24.4 Å². The fourth-order valence-electron chi connectivity index (χ4n) is 1.28. The Balaban J connectivity index is 2.97. The summed E-state index contributed by atoms with van der Waals surface area (Å²) in [5.41, 5.74) is 7.34. The lowest BCUT2D eigenvalue weighted by Gasteiger charge is -2.09. The molecule has 0 aliphatic heterocycles. The van der Waals surface area contributed by atoms with E-state index in [1.807, 2.05) is 0 Å². The first-order valence-electron chi connectivity index (χ1n) is 4.90. The van der Waals surface area contributed by atoms with Crippen LogP contribution in [0.3, 0.4) is 0 Å². The van der Waals surface area contributed by atoms with Crippen molar-refractivity contribution in [3.05, 3.63) is 18.2 Å². The normalized spacial score (nSPS) is 12.3. The van der Waals surface area contributed by atoms with Crippen molar-refractivity contribution in [3.63, 3.8) is 0 Å². The lowest BCUT2D eigenvalue weighted by Crippen LogP contribution is -2.16. The van der Waals surface area contributed by atoms with E-state index in [4.69, 9.17) is 15.0 Å². The van der Waals surface area contributed by atoms with Crippen molar-refractivity contribution in [2.24, 2.45) is 0 Å². The standard InChI is InChI=1S/C9H12NO7S2/c1-16-8-3-2-7(10)6-9(8)18(11,12)5-4-17-19(13,14)15/h2-3,6,10H,4-5H2,1H3,(H,13,14,15). The molecule has 0 amide bonds. The third kappa shape index (κ3) is 4.67. The summed E-state index contributed by atoms with van der Waals surface area (Å²) in [6.45, 7) is -0.730. The van der Waals surface area contributed by atoms with E-state index in [0.29, 0.717) is 0 Å². The molecule has 0 saturated heterocycles. The van der Waals surface area contributed by atoms with Crippen LogP contribution in [-0.4, -0.2) is 40.9 Å². The lowest BCUT2D eigenvalue weighted by atomic mass is 10.3. The van der Waals surface area contributed by atoms with Gasteiger partial charge in [0, 0.05) is 0 Å². The van der Waals surface area contributed by atoms with Crippen molar-refractivity contribution in [3.8, 4) is 5.75 Å². The van der Waals surface area contributed by atoms with Crippen LogP contribution in [0.4, 0.5) is 5.69 Å². The highest BCUT2D eigenvalue weighted by atomic mass is 32.3. The van der Waals surface area contributed by atoms with E-state index in [9.17, 15) is 16.8 Å². The highest BCUT2D eigenvalue weighted by Gasteiger charge is 2.21. The van der Waals surface area contributed by atoms with Gasteiger partial charge >= 0.3 is 10.4 Å². The molecule has 0 fully saturated rings. The average Bonchev–Trinajstić information content (AvgIpc) is 2.27. The van der Waals surface area contributed by atoms with Crippen LogP contribution >= 0.6 is 0 Å². The van der Waals surface area contributed by atoms with Crippen molar-refractivity contribution < 1.29 is 30.3 Å². The highest BCUT2D eigenvalue weighted by Crippen LogP contribution is 2.27. The molecule has 2 N–H and O–H groups in total. The molecule has 1 aromatic rings. The maximum atomic E-state index is 11.9. The molecule has 107 valence electrons. The fourth-order valence-corrected chi connectivity index (χ4v) is 2.97. The van der Waals surface area contributed by atoms with Crippen LogP contribution in [0.1, 0.15) is 0 Å². The molecular weight excluding hydrogens is 298 g/mol. The summed E-state index contributed by atoms with van der Waals surface area (Å²) in [5.74, 6) is -0.630. The van der Waals surface area contributed by atoms with E-state index >= 15 is 0 Å². The smallest absolute Gasteiger partial charge is 0.397 e. The summed E-state index contributed by atoms with van der Waals surface area (Å²) in [7, 11) is -7.31. The van der Waals surface area contributed by atoms with Gasteiger partial charge in [0.1, 0.15) is 10.6 Å². The van der Waals surface area contributed by atoms with Gasteiger partial charge in [0.2, 0.25) is 0 Å². The van der Waals surface area contributed by atoms with Gasteiger partial charge in [0.05, 0.1) is 25.2 Å². The van der Waals surface area contributed by atoms with Crippen LogP contribution in [0, 0.1) is 0 Å². The SMILES string of the molecule is COc1ccc([NH])cc1S(=O)(=O)CCOS(=O)(=O)O. The Morgan fingerprint density at radius 3 is 2.42 bits per heavy atom. The van der Waals surface area contributed by atoms with Crippen molar-refractivity contribution in [2.75, 3.05) is 19.5 Å². The summed E-state index contributed by atoms with van der Waals surface area (Å²) in [6, 6.07) is 3.76. The predicted octanol–water partition coefficient (Wildman–Crippen LogP) is 0.203. The maximum absolute atomic E-state index is 11.9. The van der Waals surface area contributed by atoms with E-state index in [-0.39, 0.29) is 16.3 Å². The number of sulfone groups is 1. The molecule has 0 aliphatic carbocycles. The maximum Gasteiger partial charge on any atom is 0.397 e. The zero-order chi connectivity index (χ0) is 14.7. The second kappa shape index (κ2) is 5.74. The fraction of sp³-hybridized carbons (Fsp3) is 0.333. The molecule has 0 spiro atoms. The topological polar surface area (TPSA) is 131 Å². The Hall–Kier alpha value is -1.36. The largest absolute Gasteiger partial charge is 0.495 e. The molecule has 0 heterocycles. The minimum Gasteiger partial charge on any atom is -0.495 e. The van der Waals surface area contributed by atoms with Crippen LogP contribution in [0.5, 0.6) is 5.75 Å². The second-order valence-electron chi connectivity index (χ2n) is 3.43. The Bertz CT molecular complexity index is 651. The number of ether oxygens (including phenoxy) is 1. The zero-order valence-corrected chi connectivity index (χ0v) is 11.5. The molecule has 0 bridgehead atoms. The number of benzene rings is 1. The molecule has 0 atom stereocenters. The molecule has 10 heteroatoms. The lowest BCUT2D eigenvalue weighted by molar-refractivity contribution is 0.284. The van der Waals surface area contributed by atoms with Gasteiger partial charge in [0.25, 0.3) is 0 Å². The minimum atomic E-state index is -4.69. The zero-order valence-electron chi connectivity index (χ0n) is 9.86. The summed E-state index contributed by atoms with van der Waals surface area (Å²) < 4.78 is 61.6. The van der Waals surface area contributed by atoms with Crippen LogP contribution in [0.2, 0.25) is 0 Å². The molecule has 0 aromatic heterocycles. The molecule has 1 rings (SSSR count). The molecule has 0 saturated carbocycles. The first kappa shape index (κ1) is 15.7. The third-order valence-electron chi connectivity index (χ3n) is 2.08. The van der Waals surface area contributed by atoms with Gasteiger partial charge in [0.15, 0.2) is 9.84 Å². The van der Waals surface area contributed by atoms with Gasteiger partial charge in [-0.15, -0.1) is 0 Å². The number of hydrogen-bond donors (Lipinski definition) is 1. The Morgan fingerprint density at radius 1 is 1.26 bits per heavy atom. The van der Waals surface area contributed by atoms with Crippen molar-refractivity contribution >= 4 is 25.9 Å². The Morgan fingerprint density at radius 2 is 1.89 bits per heavy atom. The van der Waals surface area contributed by atoms with E-state index in [2.05, 4.69) is 4.18 Å². The first-order valence-corrected chi connectivity index (χ1v) is 7.92. The summed E-state index contributed by atoms with van der Waals surface area (Å²) in [6.07, 6.45) is 0. The van der Waals surface area contributed by atoms with Gasteiger partial charge in [-0.2, -0.15) is 8.42 Å². The van der Waals surface area contributed by atoms with Gasteiger partial charge < -0.3 is 10.5 Å². The molecule has 1 radical (unpaired) electrons. The highest BCUT2D eigenvalue weighted by molar-refractivity contribution is 7.91. The number of rotatable bonds is 6. The summed E-state index contributed by atoms with van der Waals surface area (Å²) in [5, 5.41) is 0. The number of nitrogens with one attached hydrogen (secondary N) is 1. The van der Waals surface area contributed by atoms with Gasteiger partial charge in [-0.05, 0) is 18.2 Å². The monoisotopic (exact) mass is 310 g/mol. The van der Waals surface area contributed by atoms with E-state index in [0.717, 1.165) is 6.07 Å². The molecule has 1 aromatic carbocycles. The van der Waals surface area contributed by atoms with Crippen molar-refractivity contribution in [2.45, 2.75) is 4.90 Å². The van der Waals surface area contributed by atoms with Crippen LogP contribution in [0.15, 0.2) is 23.1 Å². The van der Waals surface area contributed by atoms with Gasteiger partial charge in [-0.1, -0.05) is 0 Å². The number of methoxy groups -OCH3 is 1. The minimum absolute atomic E-state index is 0.0323. The van der Waals surface area contributed by atoms with Crippen LogP contribution < -0.4 is 10.5 Å².